The molecule has 0 radical (unpaired) electrons. The maximum Gasteiger partial charge on any atom is 0.356 e. The van der Waals surface area contributed by atoms with Gasteiger partial charge in [0.2, 0.25) is 0 Å². The molecule has 0 aliphatic carbocycles. The fourth-order valence-corrected chi connectivity index (χ4v) is 4.69. The van der Waals surface area contributed by atoms with Crippen LogP contribution in [0.5, 0.6) is 0 Å². The number of fused-ring (bicyclic) bond motifs is 2. The molecule has 0 spiro atoms. The maximum atomic E-state index is 11.4. The van der Waals surface area contributed by atoms with E-state index in [0.717, 1.165) is 16.4 Å². The molecule has 4 heterocycles. The molecule has 2 aromatic rings. The van der Waals surface area contributed by atoms with Crippen LogP contribution in [0.3, 0.4) is 0 Å². The monoisotopic (exact) mass is 329 g/mol. The van der Waals surface area contributed by atoms with Crippen LogP contribution in [0.15, 0.2) is 23.7 Å². The number of aromatic nitrogens is 2. The number of pyridine rings is 1. The van der Waals surface area contributed by atoms with Crippen LogP contribution in [0.25, 0.3) is 11.3 Å². The van der Waals surface area contributed by atoms with Crippen LogP contribution >= 0.6 is 11.3 Å². The maximum absolute atomic E-state index is 11.4. The van der Waals surface area contributed by atoms with E-state index in [4.69, 9.17) is 4.98 Å². The molecule has 0 saturated carbocycles. The van der Waals surface area contributed by atoms with Crippen LogP contribution in [-0.4, -0.2) is 35.1 Å². The van der Waals surface area contributed by atoms with Crippen molar-refractivity contribution in [2.75, 3.05) is 12.0 Å². The molecule has 120 valence electrons. The van der Waals surface area contributed by atoms with Crippen LogP contribution in [0, 0.1) is 0 Å². The minimum Gasteiger partial charge on any atom is -0.464 e. The molecule has 0 amide bonds. The number of anilines is 1. The molecule has 23 heavy (non-hydrogen) atoms. The predicted octanol–water partition coefficient (Wildman–Crippen LogP) is 3.51. The second-order valence-corrected chi connectivity index (χ2v) is 7.00. The summed E-state index contributed by atoms with van der Waals surface area (Å²) in [6.07, 6.45) is 8.23. The number of thiazole rings is 1. The van der Waals surface area contributed by atoms with Gasteiger partial charge < -0.3 is 9.64 Å². The van der Waals surface area contributed by atoms with Crippen LogP contribution < -0.4 is 4.90 Å². The molecule has 1 unspecified atom stereocenters. The lowest BCUT2D eigenvalue weighted by atomic mass is 10.0. The lowest BCUT2D eigenvalue weighted by Gasteiger charge is -2.34. The van der Waals surface area contributed by atoms with Crippen molar-refractivity contribution in [1.82, 2.24) is 9.97 Å². The Morgan fingerprint density at radius 1 is 1.26 bits per heavy atom. The largest absolute Gasteiger partial charge is 0.464 e. The topological polar surface area (TPSA) is 55.3 Å². The number of hydrogen-bond acceptors (Lipinski definition) is 6. The minimum atomic E-state index is -0.416. The molecular formula is C17H19N3O2S. The van der Waals surface area contributed by atoms with Gasteiger partial charge in [0.1, 0.15) is 5.69 Å². The Kier molecular flexibility index (Phi) is 3.77. The Bertz CT molecular complexity index is 697. The first-order valence-electron chi connectivity index (χ1n) is 8.05. The SMILES string of the molecule is COC(=O)c1ccc(-c2csc(N3C4CCC[C@H]3CC4)n2)cn1. The number of carbonyl (C=O) groups excluding carboxylic acids is 1. The van der Waals surface area contributed by atoms with Crippen molar-refractivity contribution in [3.05, 3.63) is 29.4 Å². The van der Waals surface area contributed by atoms with Gasteiger partial charge >= 0.3 is 5.97 Å². The van der Waals surface area contributed by atoms with E-state index in [1.807, 2.05) is 6.07 Å². The highest BCUT2D eigenvalue weighted by Gasteiger charge is 2.37. The lowest BCUT2D eigenvalue weighted by Crippen LogP contribution is -2.39. The molecule has 5 nitrogen and oxygen atoms in total. The number of methoxy groups -OCH3 is 1. The number of rotatable bonds is 3. The Hall–Kier alpha value is -1.95. The van der Waals surface area contributed by atoms with E-state index in [9.17, 15) is 4.79 Å². The lowest BCUT2D eigenvalue weighted by molar-refractivity contribution is 0.0594. The molecule has 2 aromatic heterocycles. The fourth-order valence-electron chi connectivity index (χ4n) is 3.72. The van der Waals surface area contributed by atoms with Crippen molar-refractivity contribution in [2.45, 2.75) is 44.2 Å². The van der Waals surface area contributed by atoms with E-state index >= 15 is 0 Å². The standard InChI is InChI=1S/C17H19N3O2S/c1-22-16(21)14-8-5-11(9-18-14)15-10-23-17(19-15)20-12-3-2-4-13(20)7-6-12/h5,8-10,12-13H,2-4,6-7H2,1H3/t12-,13?/m0/s1. The quantitative estimate of drug-likeness (QED) is 0.807. The summed E-state index contributed by atoms with van der Waals surface area (Å²) in [4.78, 5) is 23.0. The van der Waals surface area contributed by atoms with Gasteiger partial charge in [-0.15, -0.1) is 11.3 Å². The zero-order valence-corrected chi connectivity index (χ0v) is 13.9. The van der Waals surface area contributed by atoms with E-state index in [-0.39, 0.29) is 0 Å². The molecule has 2 aliphatic heterocycles. The van der Waals surface area contributed by atoms with Crippen LogP contribution in [0.4, 0.5) is 5.13 Å². The second kappa shape index (κ2) is 5.92. The number of piperidine rings is 1. The highest BCUT2D eigenvalue weighted by Crippen LogP contribution is 2.41. The van der Waals surface area contributed by atoms with Crippen LogP contribution in [0.2, 0.25) is 0 Å². The van der Waals surface area contributed by atoms with Crippen molar-refractivity contribution < 1.29 is 9.53 Å². The Balaban J connectivity index is 1.57. The second-order valence-electron chi connectivity index (χ2n) is 6.16. The van der Waals surface area contributed by atoms with Gasteiger partial charge in [0.25, 0.3) is 0 Å². The third-order valence-electron chi connectivity index (χ3n) is 4.86. The van der Waals surface area contributed by atoms with Gasteiger partial charge in [-0.2, -0.15) is 0 Å². The summed E-state index contributed by atoms with van der Waals surface area (Å²) >= 11 is 1.71. The zero-order chi connectivity index (χ0) is 15.8. The van der Waals surface area contributed by atoms with Gasteiger partial charge in [-0.3, -0.25) is 0 Å². The summed E-state index contributed by atoms with van der Waals surface area (Å²) in [6, 6.07) is 4.91. The highest BCUT2D eigenvalue weighted by molar-refractivity contribution is 7.14. The first kappa shape index (κ1) is 14.6. The number of esters is 1. The van der Waals surface area contributed by atoms with Crippen molar-refractivity contribution >= 4 is 22.4 Å². The third kappa shape index (κ3) is 2.61. The number of carbonyl (C=O) groups is 1. The van der Waals surface area contributed by atoms with Crippen molar-refractivity contribution in [2.24, 2.45) is 0 Å². The molecular weight excluding hydrogens is 310 g/mol. The van der Waals surface area contributed by atoms with Crippen LogP contribution in [0.1, 0.15) is 42.6 Å². The molecule has 0 aromatic carbocycles. The van der Waals surface area contributed by atoms with E-state index in [2.05, 4.69) is 20.0 Å². The summed E-state index contributed by atoms with van der Waals surface area (Å²) in [7, 11) is 1.36. The van der Waals surface area contributed by atoms with Gasteiger partial charge in [-0.25, -0.2) is 14.8 Å². The smallest absolute Gasteiger partial charge is 0.356 e. The number of nitrogens with zero attached hydrogens (tertiary/aromatic N) is 3. The molecule has 2 bridgehead atoms. The van der Waals surface area contributed by atoms with Crippen molar-refractivity contribution in [3.63, 3.8) is 0 Å². The minimum absolute atomic E-state index is 0.320. The van der Waals surface area contributed by atoms with E-state index in [1.165, 1.54) is 39.2 Å². The molecule has 0 N–H and O–H groups in total. The molecule has 4 rings (SSSR count). The summed E-state index contributed by atoms with van der Waals surface area (Å²) in [5.41, 5.74) is 2.18. The molecule has 2 fully saturated rings. The normalized spacial score (nSPS) is 23.1. The average Bonchev–Trinajstić information content (AvgIpc) is 3.16. The molecule has 6 heteroatoms. The van der Waals surface area contributed by atoms with E-state index < -0.39 is 5.97 Å². The number of ether oxygens (including phenoxy) is 1. The van der Waals surface area contributed by atoms with E-state index in [0.29, 0.717) is 17.8 Å². The van der Waals surface area contributed by atoms with Gasteiger partial charge in [-0.1, -0.05) is 0 Å². The molecule has 2 aliphatic rings. The first-order chi connectivity index (χ1) is 11.3. The summed E-state index contributed by atoms with van der Waals surface area (Å²) in [6.45, 7) is 0. The third-order valence-corrected chi connectivity index (χ3v) is 5.72. The zero-order valence-electron chi connectivity index (χ0n) is 13.1. The van der Waals surface area contributed by atoms with E-state index in [1.54, 1.807) is 23.6 Å². The first-order valence-corrected chi connectivity index (χ1v) is 8.93. The fraction of sp³-hybridized carbons (Fsp3) is 0.471. The average molecular weight is 329 g/mol. The van der Waals surface area contributed by atoms with Crippen molar-refractivity contribution in [1.29, 1.82) is 0 Å². The summed E-state index contributed by atoms with van der Waals surface area (Å²) in [5.74, 6) is -0.416. The Morgan fingerprint density at radius 3 is 2.70 bits per heavy atom. The van der Waals surface area contributed by atoms with Gasteiger partial charge in [0, 0.05) is 29.2 Å². The van der Waals surface area contributed by atoms with Gasteiger partial charge in [0.05, 0.1) is 12.8 Å². The molecule has 2 atom stereocenters. The number of hydrogen-bond donors (Lipinski definition) is 0. The van der Waals surface area contributed by atoms with Crippen molar-refractivity contribution in [3.8, 4) is 11.3 Å². The van der Waals surface area contributed by atoms with Gasteiger partial charge in [0.15, 0.2) is 5.13 Å². The Labute approximate surface area is 139 Å². The Morgan fingerprint density at radius 2 is 2.04 bits per heavy atom. The van der Waals surface area contributed by atoms with Crippen LogP contribution in [-0.2, 0) is 4.74 Å². The summed E-state index contributed by atoms with van der Waals surface area (Å²) in [5, 5.41) is 3.21. The molecule has 2 saturated heterocycles. The predicted molar refractivity (Wildman–Crippen MR) is 89.8 cm³/mol. The highest BCUT2D eigenvalue weighted by atomic mass is 32.1. The summed E-state index contributed by atoms with van der Waals surface area (Å²) < 4.78 is 4.67. The van der Waals surface area contributed by atoms with Gasteiger partial charge in [-0.05, 0) is 44.2 Å².